The molecule has 2 saturated heterocycles. The highest BCUT2D eigenvalue weighted by atomic mass is 16.6. The van der Waals surface area contributed by atoms with Crippen LogP contribution in [0.5, 0.6) is 5.75 Å². The third-order valence-electron chi connectivity index (χ3n) is 9.89. The van der Waals surface area contributed by atoms with Crippen LogP contribution in [0.15, 0.2) is 78.4 Å². The fourth-order valence-corrected chi connectivity index (χ4v) is 7.83. The SMILES string of the molecule is Cc1cccc([C@H]2C3=CC[C@@H]4C(=O)N(c5ccc([N+](=O)[O-])cc5)C(=O)[C@@H]4[C@@H]3C[C@H]3C(=O)N(c4ccc([N+](=O)[O-])cc4)C(=O)[C@@H]23)c1O. The summed E-state index contributed by atoms with van der Waals surface area (Å²) in [6, 6.07) is 15.4. The molecule has 2 heterocycles. The summed E-state index contributed by atoms with van der Waals surface area (Å²) < 4.78 is 0. The minimum Gasteiger partial charge on any atom is -0.507 e. The summed E-state index contributed by atoms with van der Waals surface area (Å²) in [6.45, 7) is 1.72. The number of fused-ring (bicyclic) bond motifs is 4. The first-order chi connectivity index (χ1) is 22.0. The van der Waals surface area contributed by atoms with Crippen molar-refractivity contribution in [3.05, 3.63) is 110 Å². The molecule has 13 heteroatoms. The molecule has 3 aromatic carbocycles. The molecule has 232 valence electrons. The Morgan fingerprint density at radius 2 is 1.22 bits per heavy atom. The van der Waals surface area contributed by atoms with Crippen molar-refractivity contribution in [2.45, 2.75) is 25.7 Å². The van der Waals surface area contributed by atoms with E-state index in [1.54, 1.807) is 25.1 Å². The van der Waals surface area contributed by atoms with Crippen LogP contribution in [-0.2, 0) is 19.2 Å². The van der Waals surface area contributed by atoms with Gasteiger partial charge in [-0.15, -0.1) is 0 Å². The highest BCUT2D eigenvalue weighted by molar-refractivity contribution is 6.24. The summed E-state index contributed by atoms with van der Waals surface area (Å²) in [7, 11) is 0. The van der Waals surface area contributed by atoms with Crippen molar-refractivity contribution in [2.75, 3.05) is 9.80 Å². The fourth-order valence-electron chi connectivity index (χ4n) is 7.83. The first-order valence-corrected chi connectivity index (χ1v) is 14.7. The molecule has 0 spiro atoms. The van der Waals surface area contributed by atoms with Gasteiger partial charge in [0.15, 0.2) is 0 Å². The molecule has 4 amide bonds. The van der Waals surface area contributed by atoms with Crippen molar-refractivity contribution >= 4 is 46.4 Å². The van der Waals surface area contributed by atoms with Crippen molar-refractivity contribution < 1.29 is 34.1 Å². The molecule has 3 fully saturated rings. The number of nitro benzene ring substituents is 2. The quantitative estimate of drug-likeness (QED) is 0.185. The molecule has 1 N–H and O–H groups in total. The van der Waals surface area contributed by atoms with Gasteiger partial charge < -0.3 is 5.11 Å². The Labute approximate surface area is 261 Å². The predicted octanol–water partition coefficient (Wildman–Crippen LogP) is 4.56. The maximum absolute atomic E-state index is 14.2. The van der Waals surface area contributed by atoms with Gasteiger partial charge in [-0.2, -0.15) is 0 Å². The maximum atomic E-state index is 14.2. The monoisotopic (exact) mass is 622 g/mol. The second-order valence-corrected chi connectivity index (χ2v) is 12.1. The van der Waals surface area contributed by atoms with E-state index >= 15 is 0 Å². The number of phenolic OH excluding ortho intramolecular Hbond substituents is 1. The minimum atomic E-state index is -0.924. The second kappa shape index (κ2) is 10.4. The first-order valence-electron chi connectivity index (χ1n) is 14.7. The highest BCUT2D eigenvalue weighted by Gasteiger charge is 2.62. The molecule has 46 heavy (non-hydrogen) atoms. The lowest BCUT2D eigenvalue weighted by molar-refractivity contribution is -0.385. The number of carbonyl (C=O) groups is 4. The Hall–Kier alpha value is -5.72. The van der Waals surface area contributed by atoms with Gasteiger partial charge in [-0.25, -0.2) is 0 Å². The number of para-hydroxylation sites is 1. The Kier molecular flexibility index (Phi) is 6.58. The van der Waals surface area contributed by atoms with Gasteiger partial charge in [-0.3, -0.25) is 49.2 Å². The zero-order chi connectivity index (χ0) is 32.6. The summed E-state index contributed by atoms with van der Waals surface area (Å²) >= 11 is 0. The van der Waals surface area contributed by atoms with E-state index in [1.807, 2.05) is 6.08 Å². The van der Waals surface area contributed by atoms with Crippen LogP contribution in [0.1, 0.15) is 29.9 Å². The van der Waals surface area contributed by atoms with Crippen LogP contribution in [0, 0.1) is 56.7 Å². The third-order valence-corrected chi connectivity index (χ3v) is 9.89. The summed E-state index contributed by atoms with van der Waals surface area (Å²) in [5.41, 5.74) is 1.67. The van der Waals surface area contributed by atoms with E-state index < -0.39 is 69.0 Å². The number of imide groups is 2. The molecular formula is C33H26N4O9. The molecule has 4 aliphatic rings. The number of nitro groups is 2. The molecule has 1 saturated carbocycles. The number of hydrogen-bond acceptors (Lipinski definition) is 9. The van der Waals surface area contributed by atoms with E-state index in [9.17, 15) is 44.5 Å². The average molecular weight is 623 g/mol. The number of nitrogens with zero attached hydrogens (tertiary/aromatic N) is 4. The van der Waals surface area contributed by atoms with Gasteiger partial charge >= 0.3 is 0 Å². The lowest BCUT2D eigenvalue weighted by Gasteiger charge is -2.44. The smallest absolute Gasteiger partial charge is 0.269 e. The van der Waals surface area contributed by atoms with Gasteiger partial charge in [-0.1, -0.05) is 29.8 Å². The van der Waals surface area contributed by atoms with Crippen molar-refractivity contribution in [1.82, 2.24) is 0 Å². The predicted molar refractivity (Wildman–Crippen MR) is 162 cm³/mol. The van der Waals surface area contributed by atoms with Gasteiger partial charge in [0, 0.05) is 35.7 Å². The highest BCUT2D eigenvalue weighted by Crippen LogP contribution is 2.59. The fraction of sp³-hybridized carbons (Fsp3) is 0.273. The third kappa shape index (κ3) is 4.15. The zero-order valence-corrected chi connectivity index (χ0v) is 24.3. The van der Waals surface area contributed by atoms with Gasteiger partial charge in [-0.05, 0) is 55.5 Å². The summed E-state index contributed by atoms with van der Waals surface area (Å²) in [4.78, 5) is 79.3. The lowest BCUT2D eigenvalue weighted by Crippen LogP contribution is -2.43. The number of amides is 4. The van der Waals surface area contributed by atoms with E-state index in [0.29, 0.717) is 16.7 Å². The number of non-ortho nitro benzene ring substituents is 2. The Bertz CT molecular complexity index is 1900. The molecule has 2 aliphatic heterocycles. The summed E-state index contributed by atoms with van der Waals surface area (Å²) in [5, 5.41) is 33.6. The van der Waals surface area contributed by atoms with Gasteiger partial charge in [0.1, 0.15) is 5.75 Å². The van der Waals surface area contributed by atoms with E-state index in [-0.39, 0.29) is 41.3 Å². The Morgan fingerprint density at radius 3 is 1.76 bits per heavy atom. The number of carbonyl (C=O) groups excluding carboxylic acids is 4. The molecule has 7 rings (SSSR count). The molecule has 0 bridgehead atoms. The minimum absolute atomic E-state index is 0.0368. The molecular weight excluding hydrogens is 596 g/mol. The number of anilines is 2. The number of phenols is 1. The van der Waals surface area contributed by atoms with Crippen LogP contribution in [0.3, 0.4) is 0 Å². The second-order valence-electron chi connectivity index (χ2n) is 12.1. The first kappa shape index (κ1) is 29.0. The van der Waals surface area contributed by atoms with E-state index in [0.717, 1.165) is 9.80 Å². The van der Waals surface area contributed by atoms with Gasteiger partial charge in [0.05, 0.1) is 44.9 Å². The molecule has 0 unspecified atom stereocenters. The lowest BCUT2D eigenvalue weighted by atomic mass is 9.57. The molecule has 0 radical (unpaired) electrons. The van der Waals surface area contributed by atoms with Crippen LogP contribution in [0.2, 0.25) is 0 Å². The van der Waals surface area contributed by atoms with E-state index in [4.69, 9.17) is 0 Å². The number of aromatic hydroxyl groups is 1. The number of allylic oxidation sites excluding steroid dienone is 2. The van der Waals surface area contributed by atoms with Crippen LogP contribution in [0.25, 0.3) is 0 Å². The summed E-state index contributed by atoms with van der Waals surface area (Å²) in [6.07, 6.45) is 2.15. The summed E-state index contributed by atoms with van der Waals surface area (Å²) in [5.74, 6) is -6.82. The van der Waals surface area contributed by atoms with Crippen LogP contribution >= 0.6 is 0 Å². The molecule has 6 atom stereocenters. The van der Waals surface area contributed by atoms with E-state index in [2.05, 4.69) is 0 Å². The number of rotatable bonds is 5. The average Bonchev–Trinajstić information content (AvgIpc) is 3.45. The van der Waals surface area contributed by atoms with Crippen LogP contribution in [0.4, 0.5) is 22.7 Å². The van der Waals surface area contributed by atoms with Crippen molar-refractivity contribution in [1.29, 1.82) is 0 Å². The number of hydrogen-bond donors (Lipinski definition) is 1. The van der Waals surface area contributed by atoms with Crippen molar-refractivity contribution in [3.63, 3.8) is 0 Å². The maximum Gasteiger partial charge on any atom is 0.269 e. The molecule has 0 aromatic heterocycles. The molecule has 13 nitrogen and oxygen atoms in total. The van der Waals surface area contributed by atoms with Crippen LogP contribution < -0.4 is 9.80 Å². The zero-order valence-electron chi connectivity index (χ0n) is 24.3. The Balaban J connectivity index is 1.31. The standard InChI is InChI=1S/C33H26N4O9/c1-16-3-2-4-22(29(16)38)26-21-13-14-23-27(32(41)34(30(23)39)17-5-9-19(10-6-17)36(43)44)24(21)15-25-28(26)33(42)35(31(25)40)18-7-11-20(12-8-18)37(45)46/h2-13,23-28,38H,14-15H2,1H3/t23-,24+,25+,26+,27-,28+/m0/s1. The van der Waals surface area contributed by atoms with Crippen molar-refractivity contribution in [3.8, 4) is 5.75 Å². The molecule has 2 aliphatic carbocycles. The van der Waals surface area contributed by atoms with Gasteiger partial charge in [0.25, 0.3) is 11.4 Å². The largest absolute Gasteiger partial charge is 0.507 e. The number of benzene rings is 3. The Morgan fingerprint density at radius 1 is 0.696 bits per heavy atom. The van der Waals surface area contributed by atoms with Gasteiger partial charge in [0.2, 0.25) is 23.6 Å². The van der Waals surface area contributed by atoms with Crippen molar-refractivity contribution in [2.24, 2.45) is 29.6 Å². The molecule has 3 aromatic rings. The van der Waals surface area contributed by atoms with Crippen LogP contribution in [-0.4, -0.2) is 38.6 Å². The van der Waals surface area contributed by atoms with E-state index in [1.165, 1.54) is 48.5 Å². The topological polar surface area (TPSA) is 181 Å². The number of aryl methyl sites for hydroxylation is 1. The normalized spacial score (nSPS) is 26.8.